The standard InChI is InChI=1S/C24H21ClN2O5/c1-30-21-9-6-13(10-20(21)29)24-27-18(15-4-3-5-22(31-2)23(15)32-24)12-17(26-27)16-11-14(25)7-8-19(16)28/h3-11,18,24,28-29H,12H2,1-2H3. The fourth-order valence-electron chi connectivity index (χ4n) is 4.23. The molecule has 2 N–H and O–H groups in total. The van der Waals surface area contributed by atoms with Crippen molar-refractivity contribution in [2.45, 2.75) is 18.7 Å². The van der Waals surface area contributed by atoms with Crippen LogP contribution in [0.5, 0.6) is 28.7 Å². The van der Waals surface area contributed by atoms with Crippen molar-refractivity contribution in [1.82, 2.24) is 5.01 Å². The first-order chi connectivity index (χ1) is 15.5. The molecule has 3 aromatic carbocycles. The van der Waals surface area contributed by atoms with Gasteiger partial charge in [0.05, 0.1) is 26.0 Å². The highest BCUT2D eigenvalue weighted by Gasteiger charge is 2.42. The lowest BCUT2D eigenvalue weighted by atomic mass is 9.95. The summed E-state index contributed by atoms with van der Waals surface area (Å²) < 4.78 is 17.1. The average Bonchev–Trinajstić information content (AvgIpc) is 3.25. The van der Waals surface area contributed by atoms with Gasteiger partial charge in [0.1, 0.15) is 5.75 Å². The minimum Gasteiger partial charge on any atom is -0.507 e. The maximum atomic E-state index is 10.4. The summed E-state index contributed by atoms with van der Waals surface area (Å²) in [6, 6.07) is 15.6. The molecular weight excluding hydrogens is 432 g/mol. The smallest absolute Gasteiger partial charge is 0.214 e. The predicted octanol–water partition coefficient (Wildman–Crippen LogP) is 5.01. The first kappa shape index (κ1) is 20.3. The van der Waals surface area contributed by atoms with Crippen LogP contribution in [0.2, 0.25) is 5.02 Å². The Bertz CT molecular complexity index is 1230. The van der Waals surface area contributed by atoms with Gasteiger partial charge in [-0.15, -0.1) is 0 Å². The number of para-hydroxylation sites is 1. The molecule has 2 aliphatic rings. The molecule has 0 saturated carbocycles. The monoisotopic (exact) mass is 452 g/mol. The minimum absolute atomic E-state index is 0.00635. The van der Waals surface area contributed by atoms with Crippen molar-refractivity contribution in [3.8, 4) is 28.7 Å². The molecule has 0 bridgehead atoms. The molecule has 2 heterocycles. The molecule has 2 aliphatic heterocycles. The number of benzene rings is 3. The van der Waals surface area contributed by atoms with Crippen LogP contribution in [0.4, 0.5) is 0 Å². The van der Waals surface area contributed by atoms with E-state index in [2.05, 4.69) is 0 Å². The van der Waals surface area contributed by atoms with Crippen molar-refractivity contribution >= 4 is 17.3 Å². The van der Waals surface area contributed by atoms with E-state index in [9.17, 15) is 10.2 Å². The second-order valence-electron chi connectivity index (χ2n) is 7.59. The van der Waals surface area contributed by atoms with Gasteiger partial charge in [-0.1, -0.05) is 23.7 Å². The SMILES string of the molecule is COc1ccc(C2Oc3c(OC)cccc3C3CC(c4cc(Cl)ccc4O)=NN32)cc1O. The molecule has 0 fully saturated rings. The van der Waals surface area contributed by atoms with Gasteiger partial charge in [0.2, 0.25) is 6.23 Å². The van der Waals surface area contributed by atoms with Gasteiger partial charge in [0.25, 0.3) is 0 Å². The number of aromatic hydroxyl groups is 2. The van der Waals surface area contributed by atoms with Crippen LogP contribution in [0.15, 0.2) is 59.7 Å². The van der Waals surface area contributed by atoms with Crippen LogP contribution in [0.3, 0.4) is 0 Å². The maximum absolute atomic E-state index is 10.4. The number of hydrogen-bond acceptors (Lipinski definition) is 7. The Hall–Kier alpha value is -3.58. The lowest BCUT2D eigenvalue weighted by Gasteiger charge is -2.38. The Labute approximate surface area is 190 Å². The van der Waals surface area contributed by atoms with Crippen molar-refractivity contribution in [2.24, 2.45) is 5.10 Å². The second-order valence-corrected chi connectivity index (χ2v) is 8.02. The number of hydrazone groups is 1. The number of nitrogens with zero attached hydrogens (tertiary/aromatic N) is 2. The van der Waals surface area contributed by atoms with E-state index in [0.717, 1.165) is 5.56 Å². The zero-order valence-corrected chi connectivity index (χ0v) is 18.2. The van der Waals surface area contributed by atoms with Crippen molar-refractivity contribution in [3.05, 3.63) is 76.3 Å². The number of phenols is 2. The topological polar surface area (TPSA) is 83.8 Å². The van der Waals surface area contributed by atoms with E-state index in [1.54, 1.807) is 37.4 Å². The van der Waals surface area contributed by atoms with Crippen molar-refractivity contribution in [2.75, 3.05) is 14.2 Å². The molecule has 0 aliphatic carbocycles. The number of fused-ring (bicyclic) bond motifs is 3. The summed E-state index contributed by atoms with van der Waals surface area (Å²) >= 11 is 6.18. The summed E-state index contributed by atoms with van der Waals surface area (Å²) in [4.78, 5) is 0. The summed E-state index contributed by atoms with van der Waals surface area (Å²) in [5, 5.41) is 28.0. The van der Waals surface area contributed by atoms with Crippen molar-refractivity contribution in [3.63, 3.8) is 0 Å². The van der Waals surface area contributed by atoms with E-state index in [0.29, 0.717) is 45.5 Å². The van der Waals surface area contributed by atoms with Gasteiger partial charge >= 0.3 is 0 Å². The third-order valence-corrected chi connectivity index (χ3v) is 5.99. The first-order valence-corrected chi connectivity index (χ1v) is 10.4. The molecule has 0 spiro atoms. The van der Waals surface area contributed by atoms with Crippen molar-refractivity contribution < 1.29 is 24.4 Å². The van der Waals surface area contributed by atoms with Crippen LogP contribution in [-0.2, 0) is 0 Å². The third-order valence-electron chi connectivity index (χ3n) is 5.76. The highest BCUT2D eigenvalue weighted by atomic mass is 35.5. The molecule has 2 atom stereocenters. The van der Waals surface area contributed by atoms with Crippen LogP contribution in [-0.4, -0.2) is 35.2 Å². The Morgan fingerprint density at radius 1 is 1.00 bits per heavy atom. The van der Waals surface area contributed by atoms with Crippen molar-refractivity contribution in [1.29, 1.82) is 0 Å². The van der Waals surface area contributed by atoms with Gasteiger partial charge in [-0.2, -0.15) is 5.10 Å². The molecule has 2 unspecified atom stereocenters. The van der Waals surface area contributed by atoms with Gasteiger partial charge in [-0.25, -0.2) is 5.01 Å². The summed E-state index contributed by atoms with van der Waals surface area (Å²) in [7, 11) is 3.09. The normalized spacial score (nSPS) is 19.0. The van der Waals surface area contributed by atoms with Gasteiger partial charge in [-0.3, -0.25) is 0 Å². The summed E-state index contributed by atoms with van der Waals surface area (Å²) in [6.07, 6.45) is -0.0878. The fourth-order valence-corrected chi connectivity index (χ4v) is 4.40. The number of halogens is 1. The van der Waals surface area contributed by atoms with Gasteiger partial charge in [0, 0.05) is 28.1 Å². The Kier molecular flexibility index (Phi) is 4.98. The van der Waals surface area contributed by atoms with E-state index >= 15 is 0 Å². The number of phenolic OH excluding ortho intramolecular Hbond substituents is 2. The molecule has 7 nitrogen and oxygen atoms in total. The molecule has 32 heavy (non-hydrogen) atoms. The molecule has 0 aromatic heterocycles. The highest BCUT2D eigenvalue weighted by Crippen LogP contribution is 2.51. The molecular formula is C24H21ClN2O5. The Balaban J connectivity index is 1.64. The van der Waals surface area contributed by atoms with Crippen LogP contribution in [0.25, 0.3) is 0 Å². The van der Waals surface area contributed by atoms with E-state index in [4.69, 9.17) is 30.9 Å². The molecule has 3 aromatic rings. The Morgan fingerprint density at radius 2 is 1.81 bits per heavy atom. The predicted molar refractivity (Wildman–Crippen MR) is 120 cm³/mol. The Morgan fingerprint density at radius 3 is 2.56 bits per heavy atom. The van der Waals surface area contributed by atoms with E-state index in [-0.39, 0.29) is 17.5 Å². The largest absolute Gasteiger partial charge is 0.507 e. The minimum atomic E-state index is -0.626. The van der Waals surface area contributed by atoms with Gasteiger partial charge < -0.3 is 24.4 Å². The van der Waals surface area contributed by atoms with Crippen LogP contribution in [0.1, 0.15) is 35.4 Å². The molecule has 5 rings (SSSR count). The molecule has 0 amide bonds. The average molecular weight is 453 g/mol. The summed E-state index contributed by atoms with van der Waals surface area (Å²) in [5.41, 5.74) is 2.90. The van der Waals surface area contributed by atoms with E-state index in [1.165, 1.54) is 7.11 Å². The molecule has 8 heteroatoms. The molecule has 0 saturated heterocycles. The first-order valence-electron chi connectivity index (χ1n) is 10.1. The zero-order chi connectivity index (χ0) is 22.4. The summed E-state index contributed by atoms with van der Waals surface area (Å²) in [6.45, 7) is 0. The van der Waals surface area contributed by atoms with Crippen LogP contribution < -0.4 is 14.2 Å². The number of hydrogen-bond donors (Lipinski definition) is 2. The lowest BCUT2D eigenvalue weighted by Crippen LogP contribution is -2.33. The number of methoxy groups -OCH3 is 2. The fraction of sp³-hybridized carbons (Fsp3) is 0.208. The second kappa shape index (κ2) is 7.84. The lowest BCUT2D eigenvalue weighted by molar-refractivity contribution is -0.0210. The van der Waals surface area contributed by atoms with Gasteiger partial charge in [-0.05, 0) is 42.5 Å². The van der Waals surface area contributed by atoms with Crippen LogP contribution >= 0.6 is 11.6 Å². The number of rotatable bonds is 4. The van der Waals surface area contributed by atoms with E-state index < -0.39 is 6.23 Å². The molecule has 0 radical (unpaired) electrons. The van der Waals surface area contributed by atoms with Crippen LogP contribution in [0, 0.1) is 0 Å². The third kappa shape index (κ3) is 3.26. The number of ether oxygens (including phenoxy) is 3. The zero-order valence-electron chi connectivity index (χ0n) is 17.4. The van der Waals surface area contributed by atoms with E-state index in [1.807, 2.05) is 29.3 Å². The molecule has 164 valence electrons. The highest BCUT2D eigenvalue weighted by molar-refractivity contribution is 6.31. The summed E-state index contributed by atoms with van der Waals surface area (Å²) in [5.74, 6) is 1.73. The van der Waals surface area contributed by atoms with Gasteiger partial charge in [0.15, 0.2) is 23.0 Å². The maximum Gasteiger partial charge on any atom is 0.214 e. The quantitative estimate of drug-likeness (QED) is 0.579.